The Labute approximate surface area is 214 Å². The average Bonchev–Trinajstić information content (AvgIpc) is 3.00. The highest BCUT2D eigenvalue weighted by molar-refractivity contribution is 5.94. The lowest BCUT2D eigenvalue weighted by Crippen LogP contribution is -2.29. The highest BCUT2D eigenvalue weighted by Gasteiger charge is 2.42. The number of phenolic OH excluding ortho intramolecular Hbond substituents is 4. The number of allylic oxidation sites excluding steroid dienone is 2. The number of carbonyl (C=O) groups is 2. The molecular weight excluding hydrogens is 472 g/mol. The maximum Gasteiger partial charge on any atom is 0.314 e. The molecule has 0 saturated carbocycles. The third kappa shape index (κ3) is 6.01. The maximum atomic E-state index is 13.5. The SMILES string of the molecule is CCOC(=O)C1C(/C=C/c2ccc(O)cc2)=CC(=O)C[C@H](c2ccc(O)cc2)C1c1cc(O)cc(O)c1. The van der Waals surface area contributed by atoms with Gasteiger partial charge in [-0.05, 0) is 77.6 Å². The quantitative estimate of drug-likeness (QED) is 0.344. The third-order valence-electron chi connectivity index (χ3n) is 6.43. The van der Waals surface area contributed by atoms with Crippen LogP contribution in [0.25, 0.3) is 6.08 Å². The minimum Gasteiger partial charge on any atom is -0.508 e. The molecular formula is C30H28O7. The normalized spacial score (nSPS) is 19.9. The number of aromatic hydroxyl groups is 4. The summed E-state index contributed by atoms with van der Waals surface area (Å²) in [6.45, 7) is 1.82. The van der Waals surface area contributed by atoms with Crippen molar-refractivity contribution in [3.8, 4) is 23.0 Å². The smallest absolute Gasteiger partial charge is 0.314 e. The molecule has 1 aliphatic carbocycles. The Balaban J connectivity index is 1.90. The van der Waals surface area contributed by atoms with E-state index in [1.807, 2.05) is 0 Å². The highest BCUT2D eigenvalue weighted by Crippen LogP contribution is 2.48. The zero-order valence-electron chi connectivity index (χ0n) is 20.2. The van der Waals surface area contributed by atoms with Crippen molar-refractivity contribution in [2.75, 3.05) is 6.61 Å². The van der Waals surface area contributed by atoms with Crippen LogP contribution < -0.4 is 0 Å². The average molecular weight is 501 g/mol. The zero-order valence-corrected chi connectivity index (χ0v) is 20.2. The maximum absolute atomic E-state index is 13.5. The third-order valence-corrected chi connectivity index (χ3v) is 6.43. The van der Waals surface area contributed by atoms with Crippen LogP contribution in [-0.2, 0) is 14.3 Å². The molecule has 190 valence electrons. The number of esters is 1. The summed E-state index contributed by atoms with van der Waals surface area (Å²) in [5, 5.41) is 40.0. The van der Waals surface area contributed by atoms with E-state index in [-0.39, 0.29) is 41.8 Å². The van der Waals surface area contributed by atoms with E-state index in [0.29, 0.717) is 16.7 Å². The van der Waals surface area contributed by atoms with Gasteiger partial charge in [0.1, 0.15) is 23.0 Å². The lowest BCUT2D eigenvalue weighted by atomic mass is 9.71. The molecule has 1 aliphatic rings. The molecule has 0 heterocycles. The molecule has 0 bridgehead atoms. The van der Waals surface area contributed by atoms with Gasteiger partial charge in [-0.25, -0.2) is 0 Å². The van der Waals surface area contributed by atoms with Crippen LogP contribution >= 0.6 is 0 Å². The van der Waals surface area contributed by atoms with Gasteiger partial charge in [0.05, 0.1) is 12.5 Å². The lowest BCUT2D eigenvalue weighted by Gasteiger charge is -2.32. The van der Waals surface area contributed by atoms with Gasteiger partial charge in [0.2, 0.25) is 0 Å². The molecule has 4 N–H and O–H groups in total. The Morgan fingerprint density at radius 2 is 1.43 bits per heavy atom. The van der Waals surface area contributed by atoms with Crippen molar-refractivity contribution in [3.63, 3.8) is 0 Å². The first-order chi connectivity index (χ1) is 17.7. The minimum absolute atomic E-state index is 0.0539. The van der Waals surface area contributed by atoms with Gasteiger partial charge in [0, 0.05) is 18.4 Å². The lowest BCUT2D eigenvalue weighted by molar-refractivity contribution is -0.147. The van der Waals surface area contributed by atoms with Crippen molar-refractivity contribution < 1.29 is 34.8 Å². The van der Waals surface area contributed by atoms with E-state index in [0.717, 1.165) is 5.56 Å². The minimum atomic E-state index is -0.945. The number of benzene rings is 3. The second-order valence-corrected chi connectivity index (χ2v) is 8.98. The molecule has 7 heteroatoms. The molecule has 7 nitrogen and oxygen atoms in total. The largest absolute Gasteiger partial charge is 0.508 e. The van der Waals surface area contributed by atoms with E-state index in [1.54, 1.807) is 43.3 Å². The van der Waals surface area contributed by atoms with Crippen molar-refractivity contribution >= 4 is 17.8 Å². The van der Waals surface area contributed by atoms with Gasteiger partial charge in [-0.1, -0.05) is 36.4 Å². The molecule has 4 rings (SSSR count). The Hall–Kier alpha value is -4.52. The summed E-state index contributed by atoms with van der Waals surface area (Å²) in [7, 11) is 0. The van der Waals surface area contributed by atoms with Crippen LogP contribution in [0.4, 0.5) is 0 Å². The first-order valence-electron chi connectivity index (χ1n) is 11.9. The highest BCUT2D eigenvalue weighted by atomic mass is 16.5. The fourth-order valence-corrected chi connectivity index (χ4v) is 4.84. The van der Waals surface area contributed by atoms with Crippen molar-refractivity contribution in [1.82, 2.24) is 0 Å². The predicted octanol–water partition coefficient (Wildman–Crippen LogP) is 5.17. The summed E-state index contributed by atoms with van der Waals surface area (Å²) in [4.78, 5) is 26.7. The van der Waals surface area contributed by atoms with Gasteiger partial charge < -0.3 is 25.2 Å². The van der Waals surface area contributed by atoms with Crippen molar-refractivity contribution in [3.05, 3.63) is 101 Å². The van der Waals surface area contributed by atoms with Gasteiger partial charge in [0.25, 0.3) is 0 Å². The van der Waals surface area contributed by atoms with Crippen LogP contribution in [-0.4, -0.2) is 38.8 Å². The summed E-state index contributed by atoms with van der Waals surface area (Å²) in [6, 6.07) is 17.0. The Morgan fingerprint density at radius 3 is 2.03 bits per heavy atom. The van der Waals surface area contributed by atoms with Crippen LogP contribution in [0.15, 0.2) is 84.5 Å². The fourth-order valence-electron chi connectivity index (χ4n) is 4.84. The molecule has 0 fully saturated rings. The first-order valence-corrected chi connectivity index (χ1v) is 11.9. The summed E-state index contributed by atoms with van der Waals surface area (Å²) in [5.41, 5.74) is 2.35. The van der Waals surface area contributed by atoms with E-state index >= 15 is 0 Å². The number of ketones is 1. The number of hydrogen-bond donors (Lipinski definition) is 4. The molecule has 37 heavy (non-hydrogen) atoms. The molecule has 0 aliphatic heterocycles. The Kier molecular flexibility index (Phi) is 7.63. The van der Waals surface area contributed by atoms with E-state index < -0.39 is 23.7 Å². The standard InChI is InChI=1S/C30H28O7/c1-2-37-30(36)29-20(6-3-18-4-9-22(31)10-5-18)13-26(35)17-27(19-7-11-23(32)12-8-19)28(29)21-14-24(33)16-25(34)15-21/h3-16,27-29,31-34H,2,17H2,1H3/b6-3+/t27-,28?,29?/m1/s1. The van der Waals surface area contributed by atoms with Crippen LogP contribution in [0.3, 0.4) is 0 Å². The van der Waals surface area contributed by atoms with E-state index in [1.165, 1.54) is 48.5 Å². The van der Waals surface area contributed by atoms with E-state index in [2.05, 4.69) is 0 Å². The molecule has 0 spiro atoms. The summed E-state index contributed by atoms with van der Waals surface area (Å²) in [6.07, 6.45) is 4.91. The molecule has 0 aromatic heterocycles. The molecule has 3 aromatic rings. The molecule has 3 aromatic carbocycles. The van der Waals surface area contributed by atoms with Gasteiger partial charge in [-0.15, -0.1) is 0 Å². The Morgan fingerprint density at radius 1 is 0.838 bits per heavy atom. The number of carbonyl (C=O) groups excluding carboxylic acids is 2. The Bertz CT molecular complexity index is 1320. The van der Waals surface area contributed by atoms with Gasteiger partial charge in [-0.2, -0.15) is 0 Å². The molecule has 3 atom stereocenters. The second-order valence-electron chi connectivity index (χ2n) is 8.98. The number of ether oxygens (including phenoxy) is 1. The summed E-state index contributed by atoms with van der Waals surface area (Å²) >= 11 is 0. The summed E-state index contributed by atoms with van der Waals surface area (Å²) < 4.78 is 5.46. The monoisotopic (exact) mass is 500 g/mol. The summed E-state index contributed by atoms with van der Waals surface area (Å²) in [5.74, 6) is -3.09. The molecule has 0 radical (unpaired) electrons. The van der Waals surface area contributed by atoms with Gasteiger partial charge >= 0.3 is 5.97 Å². The van der Waals surface area contributed by atoms with Crippen LogP contribution in [0.5, 0.6) is 23.0 Å². The van der Waals surface area contributed by atoms with Crippen LogP contribution in [0.1, 0.15) is 41.9 Å². The number of phenols is 4. The zero-order chi connectivity index (χ0) is 26.5. The molecule has 2 unspecified atom stereocenters. The van der Waals surface area contributed by atoms with E-state index in [4.69, 9.17) is 4.74 Å². The number of hydrogen-bond acceptors (Lipinski definition) is 7. The van der Waals surface area contributed by atoms with Crippen LogP contribution in [0.2, 0.25) is 0 Å². The molecule has 0 saturated heterocycles. The second kappa shape index (κ2) is 11.0. The number of rotatable bonds is 6. The van der Waals surface area contributed by atoms with Crippen molar-refractivity contribution in [2.24, 2.45) is 5.92 Å². The van der Waals surface area contributed by atoms with E-state index in [9.17, 15) is 30.0 Å². The van der Waals surface area contributed by atoms with Crippen molar-refractivity contribution in [1.29, 1.82) is 0 Å². The van der Waals surface area contributed by atoms with Gasteiger partial charge in [-0.3, -0.25) is 9.59 Å². The fraction of sp³-hybridized carbons (Fsp3) is 0.200. The first kappa shape index (κ1) is 25.6. The molecule has 0 amide bonds. The topological polar surface area (TPSA) is 124 Å². The van der Waals surface area contributed by atoms with Crippen molar-refractivity contribution in [2.45, 2.75) is 25.2 Å². The van der Waals surface area contributed by atoms with Crippen LogP contribution in [0, 0.1) is 5.92 Å². The van der Waals surface area contributed by atoms with Gasteiger partial charge in [0.15, 0.2) is 5.78 Å². The predicted molar refractivity (Wildman–Crippen MR) is 138 cm³/mol.